The van der Waals surface area contributed by atoms with Crippen molar-refractivity contribution in [3.05, 3.63) is 78.6 Å². The highest BCUT2D eigenvalue weighted by Gasteiger charge is 2.15. The smallest absolute Gasteiger partial charge is 0.338 e. The van der Waals surface area contributed by atoms with Gasteiger partial charge in [0.15, 0.2) is 5.82 Å². The van der Waals surface area contributed by atoms with Crippen LogP contribution in [0, 0.1) is 0 Å². The van der Waals surface area contributed by atoms with Gasteiger partial charge in [0.25, 0.3) is 0 Å². The molecule has 2 aromatic carbocycles. The van der Waals surface area contributed by atoms with Gasteiger partial charge < -0.3 is 5.11 Å². The molecule has 2 aromatic heterocycles. The Morgan fingerprint density at radius 3 is 2.56 bits per heavy atom. The molecule has 0 atom stereocenters. The van der Waals surface area contributed by atoms with Crippen LogP contribution in [0.5, 0.6) is 0 Å². The fourth-order valence-electron chi connectivity index (χ4n) is 2.83. The third kappa shape index (κ3) is 2.72. The Morgan fingerprint density at radius 2 is 1.68 bits per heavy atom. The summed E-state index contributed by atoms with van der Waals surface area (Å²) in [7, 11) is 0. The van der Waals surface area contributed by atoms with Gasteiger partial charge in [0, 0.05) is 18.0 Å². The monoisotopic (exact) mass is 327 g/mol. The molecule has 0 aliphatic rings. The van der Waals surface area contributed by atoms with Crippen LogP contribution in [-0.4, -0.2) is 26.0 Å². The molecule has 0 bridgehead atoms. The second-order valence-electron chi connectivity index (χ2n) is 5.50. The van der Waals surface area contributed by atoms with Gasteiger partial charge in [-0.25, -0.2) is 14.8 Å². The van der Waals surface area contributed by atoms with Gasteiger partial charge in [-0.05, 0) is 29.0 Å². The second-order valence-corrected chi connectivity index (χ2v) is 5.50. The molecule has 120 valence electrons. The Balaban J connectivity index is 1.90. The SMILES string of the molecule is O=C(O)c1cccnc1-c1nccc(-c2cccc3ccccc23)n1. The fraction of sp³-hybridized carbons (Fsp3) is 0. The summed E-state index contributed by atoms with van der Waals surface area (Å²) in [6, 6.07) is 19.0. The molecule has 25 heavy (non-hydrogen) atoms. The number of rotatable bonds is 3. The molecular weight excluding hydrogens is 314 g/mol. The second kappa shape index (κ2) is 6.13. The minimum atomic E-state index is -1.05. The van der Waals surface area contributed by atoms with Gasteiger partial charge in [0.1, 0.15) is 5.69 Å². The van der Waals surface area contributed by atoms with Crippen LogP contribution in [0.3, 0.4) is 0 Å². The number of hydrogen-bond acceptors (Lipinski definition) is 4. The van der Waals surface area contributed by atoms with Crippen LogP contribution in [-0.2, 0) is 0 Å². The number of pyridine rings is 1. The molecule has 0 unspecified atom stereocenters. The Morgan fingerprint density at radius 1 is 0.840 bits per heavy atom. The van der Waals surface area contributed by atoms with E-state index in [-0.39, 0.29) is 11.3 Å². The molecule has 0 saturated heterocycles. The van der Waals surface area contributed by atoms with E-state index in [1.54, 1.807) is 12.3 Å². The van der Waals surface area contributed by atoms with Crippen LogP contribution in [0.2, 0.25) is 0 Å². The highest BCUT2D eigenvalue weighted by molar-refractivity contribution is 5.96. The molecule has 0 saturated carbocycles. The summed E-state index contributed by atoms with van der Waals surface area (Å²) < 4.78 is 0. The van der Waals surface area contributed by atoms with E-state index in [4.69, 9.17) is 0 Å². The maximum absolute atomic E-state index is 11.4. The molecule has 0 fully saturated rings. The van der Waals surface area contributed by atoms with Gasteiger partial charge in [0.2, 0.25) is 0 Å². The zero-order chi connectivity index (χ0) is 17.2. The van der Waals surface area contributed by atoms with Crippen LogP contribution in [0.15, 0.2) is 73.1 Å². The lowest BCUT2D eigenvalue weighted by Crippen LogP contribution is -2.03. The highest BCUT2D eigenvalue weighted by Crippen LogP contribution is 2.28. The summed E-state index contributed by atoms with van der Waals surface area (Å²) in [6.07, 6.45) is 3.16. The van der Waals surface area contributed by atoms with Crippen LogP contribution in [0.4, 0.5) is 0 Å². The molecule has 0 aliphatic heterocycles. The Kier molecular flexibility index (Phi) is 3.67. The molecule has 5 heteroatoms. The molecule has 0 radical (unpaired) electrons. The summed E-state index contributed by atoms with van der Waals surface area (Å²) in [4.78, 5) is 24.4. The van der Waals surface area contributed by atoms with E-state index >= 15 is 0 Å². The van der Waals surface area contributed by atoms with Crippen molar-refractivity contribution in [2.75, 3.05) is 0 Å². The van der Waals surface area contributed by atoms with Gasteiger partial charge in [-0.1, -0.05) is 42.5 Å². The van der Waals surface area contributed by atoms with Gasteiger partial charge in [0.05, 0.1) is 11.3 Å². The maximum Gasteiger partial charge on any atom is 0.338 e. The standard InChI is InChI=1S/C20H13N3O2/c24-20(25)16-9-4-11-21-18(16)19-22-12-10-17(23-19)15-8-3-6-13-5-1-2-7-14(13)15/h1-12H,(H,24,25). The van der Waals surface area contributed by atoms with Crippen molar-refractivity contribution in [1.29, 1.82) is 0 Å². The predicted octanol–water partition coefficient (Wildman–Crippen LogP) is 4.06. The van der Waals surface area contributed by atoms with E-state index in [0.29, 0.717) is 5.82 Å². The van der Waals surface area contributed by atoms with Gasteiger partial charge in [-0.2, -0.15) is 0 Å². The summed E-state index contributed by atoms with van der Waals surface area (Å²) in [6.45, 7) is 0. The first-order chi connectivity index (χ1) is 12.2. The summed E-state index contributed by atoms with van der Waals surface area (Å²) in [5.41, 5.74) is 2.04. The molecular formula is C20H13N3O2. The third-order valence-corrected chi connectivity index (χ3v) is 3.97. The van der Waals surface area contributed by atoms with Crippen molar-refractivity contribution in [1.82, 2.24) is 15.0 Å². The van der Waals surface area contributed by atoms with Crippen LogP contribution in [0.25, 0.3) is 33.5 Å². The fourth-order valence-corrected chi connectivity index (χ4v) is 2.83. The molecule has 4 aromatic rings. The first-order valence-electron chi connectivity index (χ1n) is 7.74. The molecule has 5 nitrogen and oxygen atoms in total. The van der Waals surface area contributed by atoms with Crippen LogP contribution in [0.1, 0.15) is 10.4 Å². The first kappa shape index (κ1) is 15.0. The minimum Gasteiger partial charge on any atom is -0.478 e. The van der Waals surface area contributed by atoms with E-state index in [9.17, 15) is 9.90 Å². The first-order valence-corrected chi connectivity index (χ1v) is 7.74. The number of fused-ring (bicyclic) bond motifs is 1. The molecule has 0 amide bonds. The van der Waals surface area contributed by atoms with Crippen LogP contribution >= 0.6 is 0 Å². The minimum absolute atomic E-state index is 0.0811. The lowest BCUT2D eigenvalue weighted by Gasteiger charge is -2.08. The van der Waals surface area contributed by atoms with Gasteiger partial charge in [-0.15, -0.1) is 0 Å². The topological polar surface area (TPSA) is 76.0 Å². The Hall–Kier alpha value is -3.60. The van der Waals surface area contributed by atoms with E-state index in [1.807, 2.05) is 48.5 Å². The van der Waals surface area contributed by atoms with Crippen molar-refractivity contribution < 1.29 is 9.90 Å². The number of benzene rings is 2. The number of nitrogens with zero attached hydrogens (tertiary/aromatic N) is 3. The maximum atomic E-state index is 11.4. The van der Waals surface area contributed by atoms with Crippen molar-refractivity contribution in [3.63, 3.8) is 0 Å². The Bertz CT molecular complexity index is 1090. The zero-order valence-corrected chi connectivity index (χ0v) is 13.1. The lowest BCUT2D eigenvalue weighted by molar-refractivity contribution is 0.0697. The molecule has 2 heterocycles. The number of hydrogen-bond donors (Lipinski definition) is 1. The molecule has 0 spiro atoms. The number of carbonyl (C=O) groups is 1. The molecule has 4 rings (SSSR count). The molecule has 0 aliphatic carbocycles. The quantitative estimate of drug-likeness (QED) is 0.614. The number of carboxylic acids is 1. The Labute approximate surface area is 143 Å². The van der Waals surface area contributed by atoms with E-state index in [1.165, 1.54) is 12.3 Å². The average molecular weight is 327 g/mol. The third-order valence-electron chi connectivity index (χ3n) is 3.97. The predicted molar refractivity (Wildman–Crippen MR) is 95.2 cm³/mol. The van der Waals surface area contributed by atoms with E-state index in [0.717, 1.165) is 22.0 Å². The summed E-state index contributed by atoms with van der Waals surface area (Å²) in [5, 5.41) is 11.6. The van der Waals surface area contributed by atoms with Gasteiger partial charge >= 0.3 is 5.97 Å². The van der Waals surface area contributed by atoms with E-state index < -0.39 is 5.97 Å². The number of aromatic carboxylic acids is 1. The normalized spacial score (nSPS) is 10.7. The van der Waals surface area contributed by atoms with Crippen molar-refractivity contribution >= 4 is 16.7 Å². The summed E-state index contributed by atoms with van der Waals surface area (Å²) >= 11 is 0. The van der Waals surface area contributed by atoms with E-state index in [2.05, 4.69) is 15.0 Å². The lowest BCUT2D eigenvalue weighted by atomic mass is 10.0. The van der Waals surface area contributed by atoms with Gasteiger partial charge in [-0.3, -0.25) is 4.98 Å². The number of aromatic nitrogens is 3. The summed E-state index contributed by atoms with van der Waals surface area (Å²) in [5.74, 6) is -0.759. The largest absolute Gasteiger partial charge is 0.478 e. The average Bonchev–Trinajstić information content (AvgIpc) is 2.67. The molecule has 1 N–H and O–H groups in total. The van der Waals surface area contributed by atoms with Crippen molar-refractivity contribution in [3.8, 4) is 22.8 Å². The zero-order valence-electron chi connectivity index (χ0n) is 13.1. The van der Waals surface area contributed by atoms with Crippen molar-refractivity contribution in [2.45, 2.75) is 0 Å². The number of carboxylic acid groups (broad SMARTS) is 1. The van der Waals surface area contributed by atoms with Crippen molar-refractivity contribution in [2.24, 2.45) is 0 Å². The highest BCUT2D eigenvalue weighted by atomic mass is 16.4. The van der Waals surface area contributed by atoms with Crippen LogP contribution < -0.4 is 0 Å².